The summed E-state index contributed by atoms with van der Waals surface area (Å²) in [5.74, 6) is 0.499. The highest BCUT2D eigenvalue weighted by atomic mass is 32.1. The lowest BCUT2D eigenvalue weighted by Crippen LogP contribution is -2.50. The summed E-state index contributed by atoms with van der Waals surface area (Å²) in [6, 6.07) is -0.110. The zero-order chi connectivity index (χ0) is 16.7. The zero-order valence-corrected chi connectivity index (χ0v) is 14.8. The summed E-state index contributed by atoms with van der Waals surface area (Å²) in [7, 11) is 0. The second-order valence-electron chi connectivity index (χ2n) is 7.21. The number of hydrogen-bond acceptors (Lipinski definition) is 4. The van der Waals surface area contributed by atoms with Gasteiger partial charge in [0, 0.05) is 23.7 Å². The van der Waals surface area contributed by atoms with Crippen molar-refractivity contribution < 1.29 is 9.59 Å². The molecule has 2 aliphatic carbocycles. The van der Waals surface area contributed by atoms with Gasteiger partial charge < -0.3 is 15.5 Å². The number of aryl methyl sites for hydroxylation is 1. The largest absolute Gasteiger partial charge is 0.352 e. The van der Waals surface area contributed by atoms with Crippen molar-refractivity contribution in [3.63, 3.8) is 0 Å². The fraction of sp³-hybridized carbons (Fsp3) is 0.706. The lowest BCUT2D eigenvalue weighted by Gasteiger charge is -2.26. The lowest BCUT2D eigenvalue weighted by atomic mass is 10.2. The summed E-state index contributed by atoms with van der Waals surface area (Å²) in [5.41, 5.74) is 0. The molecule has 0 bridgehead atoms. The summed E-state index contributed by atoms with van der Waals surface area (Å²) in [6.07, 6.45) is 7.92. The van der Waals surface area contributed by atoms with Gasteiger partial charge in [-0.1, -0.05) is 0 Å². The van der Waals surface area contributed by atoms with Crippen LogP contribution >= 0.6 is 11.3 Å². The number of carbonyl (C=O) groups is 2. The normalized spacial score (nSPS) is 24.7. The predicted octanol–water partition coefficient (Wildman–Crippen LogP) is 2.36. The molecule has 0 spiro atoms. The molecule has 24 heavy (non-hydrogen) atoms. The molecule has 3 amide bonds. The second kappa shape index (κ2) is 6.35. The van der Waals surface area contributed by atoms with Crippen molar-refractivity contribution in [3.05, 3.63) is 16.1 Å². The number of nitrogens with one attached hydrogen (secondary N) is 2. The molecule has 0 aromatic carbocycles. The highest BCUT2D eigenvalue weighted by Crippen LogP contribution is 2.42. The van der Waals surface area contributed by atoms with Crippen molar-refractivity contribution in [2.75, 3.05) is 6.54 Å². The predicted molar refractivity (Wildman–Crippen MR) is 91.7 cm³/mol. The van der Waals surface area contributed by atoms with Crippen LogP contribution in [0.25, 0.3) is 0 Å². The Hall–Kier alpha value is -1.63. The SMILES string of the molecule is Cc1cnc([C@@H](NC(=O)N2CCC[C@H]2C(=O)NC2CC2)C2CC2)s1. The van der Waals surface area contributed by atoms with Crippen LogP contribution in [0.4, 0.5) is 4.79 Å². The van der Waals surface area contributed by atoms with E-state index in [-0.39, 0.29) is 24.0 Å². The van der Waals surface area contributed by atoms with Crippen LogP contribution < -0.4 is 10.6 Å². The van der Waals surface area contributed by atoms with E-state index in [0.717, 1.165) is 48.4 Å². The summed E-state index contributed by atoms with van der Waals surface area (Å²) in [5, 5.41) is 7.18. The van der Waals surface area contributed by atoms with E-state index in [9.17, 15) is 9.59 Å². The summed E-state index contributed by atoms with van der Waals surface area (Å²) in [4.78, 5) is 32.5. The molecule has 3 aliphatic rings. The Bertz CT molecular complexity index is 638. The minimum Gasteiger partial charge on any atom is -0.352 e. The molecule has 0 radical (unpaired) electrons. The van der Waals surface area contributed by atoms with Gasteiger partial charge in [-0.25, -0.2) is 9.78 Å². The molecule has 130 valence electrons. The van der Waals surface area contributed by atoms with Gasteiger partial charge in [-0.2, -0.15) is 0 Å². The van der Waals surface area contributed by atoms with Gasteiger partial charge in [-0.15, -0.1) is 11.3 Å². The Balaban J connectivity index is 1.42. The number of amides is 3. The van der Waals surface area contributed by atoms with Crippen LogP contribution in [0, 0.1) is 12.8 Å². The third-order valence-electron chi connectivity index (χ3n) is 5.02. The van der Waals surface area contributed by atoms with Crippen molar-refractivity contribution in [3.8, 4) is 0 Å². The number of rotatable bonds is 5. The van der Waals surface area contributed by atoms with Crippen LogP contribution in [0.5, 0.6) is 0 Å². The molecule has 1 aromatic heterocycles. The first-order valence-electron chi connectivity index (χ1n) is 8.91. The van der Waals surface area contributed by atoms with E-state index in [0.29, 0.717) is 18.5 Å². The van der Waals surface area contributed by atoms with Gasteiger partial charge in [-0.3, -0.25) is 4.79 Å². The Morgan fingerprint density at radius 1 is 1.29 bits per heavy atom. The van der Waals surface area contributed by atoms with Crippen LogP contribution in [0.2, 0.25) is 0 Å². The highest BCUT2D eigenvalue weighted by molar-refractivity contribution is 7.11. The average molecular weight is 348 g/mol. The second-order valence-corrected chi connectivity index (χ2v) is 8.47. The van der Waals surface area contributed by atoms with Crippen LogP contribution in [-0.4, -0.2) is 40.5 Å². The molecule has 1 aliphatic heterocycles. The van der Waals surface area contributed by atoms with E-state index < -0.39 is 0 Å². The minimum absolute atomic E-state index is 0.0102. The van der Waals surface area contributed by atoms with Gasteiger partial charge in [-0.05, 0) is 51.4 Å². The van der Waals surface area contributed by atoms with E-state index in [2.05, 4.69) is 15.6 Å². The molecule has 7 heteroatoms. The average Bonchev–Trinajstić information content (AvgIpc) is 3.46. The third-order valence-corrected chi connectivity index (χ3v) is 6.01. The van der Waals surface area contributed by atoms with Crippen LogP contribution in [0.15, 0.2) is 6.20 Å². The number of carbonyl (C=O) groups excluding carboxylic acids is 2. The van der Waals surface area contributed by atoms with Gasteiger partial charge >= 0.3 is 6.03 Å². The topological polar surface area (TPSA) is 74.3 Å². The van der Waals surface area contributed by atoms with E-state index in [1.54, 1.807) is 16.2 Å². The van der Waals surface area contributed by atoms with Crippen LogP contribution in [0.1, 0.15) is 54.5 Å². The standard InChI is InChI=1S/C17H24N4O2S/c1-10-9-18-16(24-10)14(11-4-5-11)20-17(23)21-8-2-3-13(21)15(22)19-12-6-7-12/h9,11-14H,2-8H2,1H3,(H,19,22)(H,20,23)/t13-,14-/m0/s1. The van der Waals surface area contributed by atoms with Crippen molar-refractivity contribution in [1.82, 2.24) is 20.5 Å². The number of nitrogens with zero attached hydrogens (tertiary/aromatic N) is 2. The quantitative estimate of drug-likeness (QED) is 0.858. The Morgan fingerprint density at radius 3 is 2.71 bits per heavy atom. The highest BCUT2D eigenvalue weighted by Gasteiger charge is 2.40. The molecule has 2 heterocycles. The van der Waals surface area contributed by atoms with E-state index >= 15 is 0 Å². The number of aromatic nitrogens is 1. The summed E-state index contributed by atoms with van der Waals surface area (Å²) >= 11 is 1.65. The number of likely N-dealkylation sites (tertiary alicyclic amines) is 1. The third kappa shape index (κ3) is 3.41. The van der Waals surface area contributed by atoms with Gasteiger partial charge in [0.15, 0.2) is 0 Å². The fourth-order valence-corrected chi connectivity index (χ4v) is 4.27. The molecule has 3 fully saturated rings. The molecular formula is C17H24N4O2S. The maximum absolute atomic E-state index is 12.8. The van der Waals surface area contributed by atoms with E-state index in [4.69, 9.17) is 0 Å². The lowest BCUT2D eigenvalue weighted by molar-refractivity contribution is -0.124. The smallest absolute Gasteiger partial charge is 0.318 e. The van der Waals surface area contributed by atoms with Crippen molar-refractivity contribution >= 4 is 23.3 Å². The maximum Gasteiger partial charge on any atom is 0.318 e. The molecule has 1 saturated heterocycles. The number of hydrogen-bond donors (Lipinski definition) is 2. The van der Waals surface area contributed by atoms with Crippen molar-refractivity contribution in [2.24, 2.45) is 5.92 Å². The number of thiazole rings is 1. The molecule has 1 aromatic rings. The van der Waals surface area contributed by atoms with E-state index in [1.165, 1.54) is 0 Å². The first-order chi connectivity index (χ1) is 11.6. The van der Waals surface area contributed by atoms with Crippen LogP contribution in [0.3, 0.4) is 0 Å². The molecule has 4 rings (SSSR count). The van der Waals surface area contributed by atoms with Gasteiger partial charge in [0.2, 0.25) is 5.91 Å². The van der Waals surface area contributed by atoms with Gasteiger partial charge in [0.1, 0.15) is 11.0 Å². The monoisotopic (exact) mass is 348 g/mol. The Kier molecular flexibility index (Phi) is 4.20. The molecule has 2 atom stereocenters. The molecule has 2 saturated carbocycles. The Morgan fingerprint density at radius 2 is 2.08 bits per heavy atom. The summed E-state index contributed by atoms with van der Waals surface area (Å²) < 4.78 is 0. The summed E-state index contributed by atoms with van der Waals surface area (Å²) in [6.45, 7) is 2.69. The zero-order valence-electron chi connectivity index (χ0n) is 14.0. The van der Waals surface area contributed by atoms with Crippen molar-refractivity contribution in [2.45, 2.75) is 63.6 Å². The van der Waals surface area contributed by atoms with Crippen molar-refractivity contribution in [1.29, 1.82) is 0 Å². The molecular weight excluding hydrogens is 324 g/mol. The first kappa shape index (κ1) is 15.9. The Labute approximate surface area is 146 Å². The molecule has 6 nitrogen and oxygen atoms in total. The minimum atomic E-state index is -0.316. The number of urea groups is 1. The maximum atomic E-state index is 12.8. The van der Waals surface area contributed by atoms with Crippen LogP contribution in [-0.2, 0) is 4.79 Å². The fourth-order valence-electron chi connectivity index (χ4n) is 3.35. The first-order valence-corrected chi connectivity index (χ1v) is 9.73. The van der Waals surface area contributed by atoms with Gasteiger partial charge in [0.05, 0.1) is 6.04 Å². The van der Waals surface area contributed by atoms with Gasteiger partial charge in [0.25, 0.3) is 0 Å². The molecule has 0 unspecified atom stereocenters. The molecule has 2 N–H and O–H groups in total. The van der Waals surface area contributed by atoms with E-state index in [1.807, 2.05) is 13.1 Å².